The van der Waals surface area contributed by atoms with Gasteiger partial charge in [-0.05, 0) is 50.4 Å². The number of hydrogen-bond donors (Lipinski definition) is 0. The molecule has 0 atom stereocenters. The van der Waals surface area contributed by atoms with Gasteiger partial charge in [0, 0.05) is 55.3 Å². The zero-order valence-electron chi connectivity index (χ0n) is 18.5. The largest absolute Gasteiger partial charge is 0.367 e. The first-order valence-corrected chi connectivity index (χ1v) is 11.8. The van der Waals surface area contributed by atoms with Crippen molar-refractivity contribution in [2.75, 3.05) is 38.1 Å². The Balaban J connectivity index is 1.59. The zero-order valence-corrected chi connectivity index (χ0v) is 19.3. The number of halogens is 2. The minimum atomic E-state index is -0.380. The molecule has 0 unspecified atom stereocenters. The van der Waals surface area contributed by atoms with Crippen molar-refractivity contribution >= 4 is 27.9 Å². The number of piperazine rings is 1. The van der Waals surface area contributed by atoms with E-state index in [1.807, 2.05) is 28.0 Å². The number of hydrogen-bond acceptors (Lipinski definition) is 5. The fourth-order valence-electron chi connectivity index (χ4n) is 4.25. The lowest BCUT2D eigenvalue weighted by Crippen LogP contribution is -2.44. The maximum atomic E-state index is 15.2. The van der Waals surface area contributed by atoms with E-state index in [9.17, 15) is 9.18 Å². The van der Waals surface area contributed by atoms with Crippen LogP contribution in [-0.4, -0.2) is 47.7 Å². The molecule has 5 rings (SSSR count). The van der Waals surface area contributed by atoms with E-state index in [-0.39, 0.29) is 17.1 Å². The van der Waals surface area contributed by atoms with Gasteiger partial charge in [0.1, 0.15) is 16.6 Å². The molecule has 0 radical (unpaired) electrons. The molecule has 8 heteroatoms. The van der Waals surface area contributed by atoms with Gasteiger partial charge >= 0.3 is 0 Å². The third-order valence-electron chi connectivity index (χ3n) is 6.21. The maximum absolute atomic E-state index is 15.2. The summed E-state index contributed by atoms with van der Waals surface area (Å²) in [6, 6.07) is 9.26. The van der Waals surface area contributed by atoms with Gasteiger partial charge in [-0.15, -0.1) is 11.3 Å². The van der Waals surface area contributed by atoms with Gasteiger partial charge in [0.25, 0.3) is 0 Å². The Hall–Kier alpha value is -3.10. The Bertz CT molecular complexity index is 1370. The number of aromatic nitrogens is 2. The first kappa shape index (κ1) is 21.7. The lowest BCUT2D eigenvalue weighted by atomic mass is 10.1. The standard InChI is InChI=1S/C25H24F2N4OS/c1-3-30-14-19(25-28-21(15-33-25)16-4-6-17(26)7-5-16)24(32)18-12-20(27)23(13-22(18)30)31-10-8-29(2)9-11-31/h4-7,12-15H,3,8-11H2,1-2H3. The summed E-state index contributed by atoms with van der Waals surface area (Å²) in [5, 5.41) is 2.76. The molecule has 0 saturated carbocycles. The van der Waals surface area contributed by atoms with Gasteiger partial charge in [0.05, 0.1) is 22.5 Å². The molecule has 0 bridgehead atoms. The highest BCUT2D eigenvalue weighted by Gasteiger charge is 2.21. The summed E-state index contributed by atoms with van der Waals surface area (Å²) in [5.74, 6) is -0.692. The van der Waals surface area contributed by atoms with Crippen LogP contribution < -0.4 is 10.3 Å². The first-order chi connectivity index (χ1) is 15.9. The van der Waals surface area contributed by atoms with Gasteiger partial charge < -0.3 is 14.4 Å². The molecule has 0 N–H and O–H groups in total. The van der Waals surface area contributed by atoms with Crippen molar-refractivity contribution in [3.63, 3.8) is 0 Å². The molecular weight excluding hydrogens is 442 g/mol. The van der Waals surface area contributed by atoms with Gasteiger partial charge in [-0.2, -0.15) is 0 Å². The number of likely N-dealkylation sites (N-methyl/N-ethyl adjacent to an activating group) is 1. The van der Waals surface area contributed by atoms with Crippen molar-refractivity contribution in [3.8, 4) is 21.8 Å². The number of pyridine rings is 1. The topological polar surface area (TPSA) is 41.4 Å². The summed E-state index contributed by atoms with van der Waals surface area (Å²) >= 11 is 1.35. The number of aryl methyl sites for hydroxylation is 1. The average molecular weight is 467 g/mol. The number of nitrogens with zero attached hydrogens (tertiary/aromatic N) is 4. The van der Waals surface area contributed by atoms with Gasteiger partial charge in [-0.1, -0.05) is 0 Å². The molecule has 3 heterocycles. The van der Waals surface area contributed by atoms with E-state index < -0.39 is 0 Å². The predicted molar refractivity (Wildman–Crippen MR) is 130 cm³/mol. The van der Waals surface area contributed by atoms with Crippen LogP contribution >= 0.6 is 11.3 Å². The molecule has 1 aliphatic rings. The Kier molecular flexibility index (Phi) is 5.72. The van der Waals surface area contributed by atoms with Crippen LogP contribution in [0.1, 0.15) is 6.92 Å². The average Bonchev–Trinajstić information content (AvgIpc) is 3.30. The maximum Gasteiger partial charge on any atom is 0.199 e. The van der Waals surface area contributed by atoms with E-state index in [0.29, 0.717) is 33.9 Å². The molecule has 0 spiro atoms. The van der Waals surface area contributed by atoms with Crippen molar-refractivity contribution in [1.82, 2.24) is 14.5 Å². The van der Waals surface area contributed by atoms with Crippen molar-refractivity contribution in [2.24, 2.45) is 0 Å². The highest BCUT2D eigenvalue weighted by molar-refractivity contribution is 7.13. The van der Waals surface area contributed by atoms with Crippen LogP contribution in [0.4, 0.5) is 14.5 Å². The number of anilines is 1. The monoisotopic (exact) mass is 466 g/mol. The molecule has 2 aromatic heterocycles. The van der Waals surface area contributed by atoms with Gasteiger partial charge in [0.2, 0.25) is 0 Å². The van der Waals surface area contributed by atoms with Crippen LogP contribution in [0, 0.1) is 11.6 Å². The summed E-state index contributed by atoms with van der Waals surface area (Å²) in [7, 11) is 2.06. The summed E-state index contributed by atoms with van der Waals surface area (Å²) in [6.07, 6.45) is 1.81. The minimum absolute atomic E-state index is 0.237. The lowest BCUT2D eigenvalue weighted by molar-refractivity contribution is 0.312. The summed E-state index contributed by atoms with van der Waals surface area (Å²) in [6.45, 7) is 5.87. The highest BCUT2D eigenvalue weighted by Crippen LogP contribution is 2.31. The number of fused-ring (bicyclic) bond motifs is 1. The molecular formula is C25H24F2N4OS. The zero-order chi connectivity index (χ0) is 23.1. The summed E-state index contributed by atoms with van der Waals surface area (Å²) in [5.41, 5.74) is 2.91. The smallest absolute Gasteiger partial charge is 0.199 e. The van der Waals surface area contributed by atoms with E-state index in [4.69, 9.17) is 0 Å². The van der Waals surface area contributed by atoms with Crippen LogP contribution in [0.25, 0.3) is 32.7 Å². The molecule has 5 nitrogen and oxygen atoms in total. The second kappa shape index (κ2) is 8.68. The van der Waals surface area contributed by atoms with Crippen LogP contribution in [0.5, 0.6) is 0 Å². The van der Waals surface area contributed by atoms with Crippen molar-refractivity contribution in [2.45, 2.75) is 13.5 Å². The van der Waals surface area contributed by atoms with Gasteiger partial charge in [0.15, 0.2) is 5.43 Å². The molecule has 1 fully saturated rings. The van der Waals surface area contributed by atoms with E-state index in [0.717, 1.165) is 37.3 Å². The highest BCUT2D eigenvalue weighted by atomic mass is 32.1. The Morgan fingerprint density at radius 3 is 2.48 bits per heavy atom. The molecule has 2 aromatic carbocycles. The van der Waals surface area contributed by atoms with Crippen molar-refractivity contribution in [1.29, 1.82) is 0 Å². The first-order valence-electron chi connectivity index (χ1n) is 11.0. The molecule has 33 heavy (non-hydrogen) atoms. The fourth-order valence-corrected chi connectivity index (χ4v) is 5.09. The summed E-state index contributed by atoms with van der Waals surface area (Å²) < 4.78 is 30.4. The predicted octanol–water partition coefficient (Wildman–Crippen LogP) is 4.84. The number of benzene rings is 2. The second-order valence-electron chi connectivity index (χ2n) is 8.31. The van der Waals surface area contributed by atoms with E-state index in [1.165, 1.54) is 29.5 Å². The van der Waals surface area contributed by atoms with Crippen molar-refractivity contribution in [3.05, 3.63) is 69.8 Å². The van der Waals surface area contributed by atoms with Crippen LogP contribution in [0.2, 0.25) is 0 Å². The summed E-state index contributed by atoms with van der Waals surface area (Å²) in [4.78, 5) is 22.3. The molecule has 170 valence electrons. The Morgan fingerprint density at radius 1 is 1.06 bits per heavy atom. The van der Waals surface area contributed by atoms with Crippen LogP contribution in [0.15, 0.2) is 52.8 Å². The van der Waals surface area contributed by atoms with E-state index in [2.05, 4.69) is 16.9 Å². The van der Waals surface area contributed by atoms with E-state index >= 15 is 4.39 Å². The lowest BCUT2D eigenvalue weighted by Gasteiger charge is -2.34. The number of thiazole rings is 1. The third kappa shape index (κ3) is 4.05. The number of rotatable bonds is 4. The van der Waals surface area contributed by atoms with Gasteiger partial charge in [-0.3, -0.25) is 4.79 Å². The Morgan fingerprint density at radius 2 is 1.79 bits per heavy atom. The molecule has 0 amide bonds. The van der Waals surface area contributed by atoms with Gasteiger partial charge in [-0.25, -0.2) is 13.8 Å². The van der Waals surface area contributed by atoms with Crippen molar-refractivity contribution < 1.29 is 8.78 Å². The quantitative estimate of drug-likeness (QED) is 0.432. The third-order valence-corrected chi connectivity index (χ3v) is 7.08. The second-order valence-corrected chi connectivity index (χ2v) is 9.17. The van der Waals surface area contributed by atoms with E-state index in [1.54, 1.807) is 18.2 Å². The fraction of sp³-hybridized carbons (Fsp3) is 0.280. The molecule has 1 saturated heterocycles. The molecule has 4 aromatic rings. The normalized spacial score (nSPS) is 14.8. The van der Waals surface area contributed by atoms with Crippen LogP contribution in [-0.2, 0) is 6.54 Å². The minimum Gasteiger partial charge on any atom is -0.367 e. The molecule has 1 aliphatic heterocycles. The van der Waals surface area contributed by atoms with Crippen LogP contribution in [0.3, 0.4) is 0 Å². The SMILES string of the molecule is CCn1cc(-c2nc(-c3ccc(F)cc3)cs2)c(=O)c2cc(F)c(N3CCN(C)CC3)cc21. The molecule has 0 aliphatic carbocycles. The Labute approximate surface area is 194 Å².